The Bertz CT molecular complexity index is 368. The fourth-order valence-corrected chi connectivity index (χ4v) is 1.69. The van der Waals surface area contributed by atoms with Crippen LogP contribution < -0.4 is 10.1 Å². The van der Waals surface area contributed by atoms with E-state index in [9.17, 15) is 4.79 Å². The molecule has 4 nitrogen and oxygen atoms in total. The first-order chi connectivity index (χ1) is 8.61. The molecule has 100 valence electrons. The maximum absolute atomic E-state index is 11.3. The first kappa shape index (κ1) is 15.0. The van der Waals surface area contributed by atoms with E-state index in [2.05, 4.69) is 21.2 Å². The Morgan fingerprint density at radius 2 is 2.06 bits per heavy atom. The van der Waals surface area contributed by atoms with Crippen LogP contribution in [0.3, 0.4) is 0 Å². The molecule has 0 atom stereocenters. The highest BCUT2D eigenvalue weighted by atomic mass is 79.9. The molecule has 18 heavy (non-hydrogen) atoms. The minimum atomic E-state index is 0.0450. The molecule has 0 aromatic heterocycles. The molecule has 1 aromatic rings. The molecular weight excluding hydrogens is 296 g/mol. The number of amides is 1. The summed E-state index contributed by atoms with van der Waals surface area (Å²) in [6, 6.07) is 7.70. The molecule has 0 saturated heterocycles. The zero-order valence-electron chi connectivity index (χ0n) is 10.8. The van der Waals surface area contributed by atoms with Crippen molar-refractivity contribution in [2.45, 2.75) is 6.92 Å². The fourth-order valence-electron chi connectivity index (χ4n) is 1.43. The summed E-state index contributed by atoms with van der Waals surface area (Å²) in [6.07, 6.45) is 0. The molecule has 0 heterocycles. The highest BCUT2D eigenvalue weighted by Crippen LogP contribution is 2.15. The van der Waals surface area contributed by atoms with Crippen LogP contribution in [0.1, 0.15) is 6.92 Å². The number of hydrogen-bond donors (Lipinski definition) is 1. The van der Waals surface area contributed by atoms with Crippen LogP contribution in [-0.4, -0.2) is 44.1 Å². The number of carbonyl (C=O) groups excluding carboxylic acids is 1. The minimum absolute atomic E-state index is 0.0450. The third-order valence-electron chi connectivity index (χ3n) is 2.34. The smallest absolute Gasteiger partial charge is 0.234 e. The number of rotatable bonds is 7. The predicted octanol–water partition coefficient (Wildman–Crippen LogP) is 1.90. The van der Waals surface area contributed by atoms with Gasteiger partial charge in [0.1, 0.15) is 12.4 Å². The van der Waals surface area contributed by atoms with Crippen molar-refractivity contribution in [1.29, 1.82) is 0 Å². The monoisotopic (exact) mass is 314 g/mol. The van der Waals surface area contributed by atoms with E-state index in [0.717, 1.165) is 10.2 Å². The highest BCUT2D eigenvalue weighted by molar-refractivity contribution is 9.10. The third kappa shape index (κ3) is 6.02. The molecule has 0 aliphatic carbocycles. The van der Waals surface area contributed by atoms with Crippen molar-refractivity contribution in [3.63, 3.8) is 0 Å². The van der Waals surface area contributed by atoms with E-state index >= 15 is 0 Å². The van der Waals surface area contributed by atoms with Gasteiger partial charge in [0.25, 0.3) is 0 Å². The Morgan fingerprint density at radius 1 is 1.39 bits per heavy atom. The lowest BCUT2D eigenvalue weighted by atomic mass is 10.3. The number of halogens is 1. The van der Waals surface area contributed by atoms with Crippen LogP contribution in [0.25, 0.3) is 0 Å². The Kier molecular flexibility index (Phi) is 6.75. The number of likely N-dealkylation sites (N-methyl/N-ethyl adjacent to an activating group) is 2. The average molecular weight is 315 g/mol. The van der Waals surface area contributed by atoms with Crippen molar-refractivity contribution in [2.75, 3.05) is 33.3 Å². The molecule has 1 aromatic carbocycles. The topological polar surface area (TPSA) is 41.6 Å². The molecule has 1 amide bonds. The summed E-state index contributed by atoms with van der Waals surface area (Å²) in [6.45, 7) is 4.26. The van der Waals surface area contributed by atoms with Gasteiger partial charge in [-0.15, -0.1) is 0 Å². The van der Waals surface area contributed by atoms with Crippen molar-refractivity contribution in [2.24, 2.45) is 0 Å². The molecule has 0 fully saturated rings. The van der Waals surface area contributed by atoms with E-state index in [0.29, 0.717) is 26.2 Å². The standard InChI is InChI=1S/C13H19BrN2O2/c1-3-15-13(17)10-16(2)8-9-18-12-6-4-11(14)5-7-12/h4-7H,3,8-10H2,1-2H3,(H,15,17). The normalized spacial score (nSPS) is 10.4. The van der Waals surface area contributed by atoms with E-state index < -0.39 is 0 Å². The van der Waals surface area contributed by atoms with Gasteiger partial charge in [0.05, 0.1) is 6.54 Å². The van der Waals surface area contributed by atoms with Crippen molar-refractivity contribution in [1.82, 2.24) is 10.2 Å². The second kappa shape index (κ2) is 8.11. The summed E-state index contributed by atoms with van der Waals surface area (Å²) in [7, 11) is 1.90. The second-order valence-electron chi connectivity index (χ2n) is 3.99. The van der Waals surface area contributed by atoms with E-state index in [4.69, 9.17) is 4.74 Å². The molecule has 0 spiro atoms. The van der Waals surface area contributed by atoms with Gasteiger partial charge in [0.15, 0.2) is 0 Å². The molecule has 5 heteroatoms. The lowest BCUT2D eigenvalue weighted by Gasteiger charge is -2.16. The van der Waals surface area contributed by atoms with Crippen LogP contribution in [0.15, 0.2) is 28.7 Å². The van der Waals surface area contributed by atoms with Crippen molar-refractivity contribution < 1.29 is 9.53 Å². The van der Waals surface area contributed by atoms with Crippen LogP contribution in [0, 0.1) is 0 Å². The Morgan fingerprint density at radius 3 is 2.67 bits per heavy atom. The van der Waals surface area contributed by atoms with Crippen LogP contribution in [0.2, 0.25) is 0 Å². The van der Waals surface area contributed by atoms with E-state index in [1.807, 2.05) is 43.1 Å². The molecule has 0 unspecified atom stereocenters. The molecule has 1 rings (SSSR count). The van der Waals surface area contributed by atoms with Gasteiger partial charge in [-0.3, -0.25) is 9.69 Å². The lowest BCUT2D eigenvalue weighted by Crippen LogP contribution is -2.36. The zero-order valence-corrected chi connectivity index (χ0v) is 12.4. The van der Waals surface area contributed by atoms with E-state index in [1.54, 1.807) is 0 Å². The van der Waals surface area contributed by atoms with Gasteiger partial charge in [-0.2, -0.15) is 0 Å². The predicted molar refractivity (Wildman–Crippen MR) is 75.8 cm³/mol. The van der Waals surface area contributed by atoms with Gasteiger partial charge in [-0.1, -0.05) is 15.9 Å². The molecule has 0 bridgehead atoms. The number of nitrogens with one attached hydrogen (secondary N) is 1. The molecule has 1 N–H and O–H groups in total. The highest BCUT2D eigenvalue weighted by Gasteiger charge is 2.05. The van der Waals surface area contributed by atoms with E-state index in [-0.39, 0.29) is 5.91 Å². The number of hydrogen-bond acceptors (Lipinski definition) is 3. The molecule has 0 aliphatic heterocycles. The minimum Gasteiger partial charge on any atom is -0.492 e. The van der Waals surface area contributed by atoms with Crippen LogP contribution in [0.5, 0.6) is 5.75 Å². The summed E-state index contributed by atoms with van der Waals surface area (Å²) in [5.41, 5.74) is 0. The van der Waals surface area contributed by atoms with Crippen molar-refractivity contribution >= 4 is 21.8 Å². The maximum atomic E-state index is 11.3. The molecular formula is C13H19BrN2O2. The number of carbonyl (C=O) groups is 1. The maximum Gasteiger partial charge on any atom is 0.234 e. The van der Waals surface area contributed by atoms with Gasteiger partial charge in [-0.25, -0.2) is 0 Å². The molecule has 0 radical (unpaired) electrons. The third-order valence-corrected chi connectivity index (χ3v) is 2.87. The summed E-state index contributed by atoms with van der Waals surface area (Å²) < 4.78 is 6.61. The summed E-state index contributed by atoms with van der Waals surface area (Å²) in [5, 5.41) is 2.76. The summed E-state index contributed by atoms with van der Waals surface area (Å²) in [5.74, 6) is 0.883. The number of nitrogens with zero attached hydrogens (tertiary/aromatic N) is 1. The lowest BCUT2D eigenvalue weighted by molar-refractivity contribution is -0.121. The molecule has 0 aliphatic rings. The fraction of sp³-hybridized carbons (Fsp3) is 0.462. The summed E-state index contributed by atoms with van der Waals surface area (Å²) in [4.78, 5) is 13.3. The number of benzene rings is 1. The van der Waals surface area contributed by atoms with Crippen molar-refractivity contribution in [3.05, 3.63) is 28.7 Å². The summed E-state index contributed by atoms with van der Waals surface area (Å²) >= 11 is 3.37. The average Bonchev–Trinajstić information content (AvgIpc) is 2.32. The SMILES string of the molecule is CCNC(=O)CN(C)CCOc1ccc(Br)cc1. The Balaban J connectivity index is 2.21. The first-order valence-corrected chi connectivity index (χ1v) is 6.74. The van der Waals surface area contributed by atoms with Gasteiger partial charge in [-0.05, 0) is 38.2 Å². The zero-order chi connectivity index (χ0) is 13.4. The quantitative estimate of drug-likeness (QED) is 0.835. The largest absolute Gasteiger partial charge is 0.492 e. The van der Waals surface area contributed by atoms with Crippen molar-refractivity contribution in [3.8, 4) is 5.75 Å². The number of ether oxygens (including phenoxy) is 1. The van der Waals surface area contributed by atoms with Crippen LogP contribution >= 0.6 is 15.9 Å². The first-order valence-electron chi connectivity index (χ1n) is 5.95. The van der Waals surface area contributed by atoms with Gasteiger partial charge in [0, 0.05) is 17.6 Å². The van der Waals surface area contributed by atoms with Gasteiger partial charge < -0.3 is 10.1 Å². The van der Waals surface area contributed by atoms with Crippen LogP contribution in [0.4, 0.5) is 0 Å². The second-order valence-corrected chi connectivity index (χ2v) is 4.91. The van der Waals surface area contributed by atoms with Crippen LogP contribution in [-0.2, 0) is 4.79 Å². The Hall–Kier alpha value is -1.07. The van der Waals surface area contributed by atoms with Gasteiger partial charge in [0.2, 0.25) is 5.91 Å². The van der Waals surface area contributed by atoms with E-state index in [1.165, 1.54) is 0 Å². The van der Waals surface area contributed by atoms with Gasteiger partial charge >= 0.3 is 0 Å². The Labute approximate surface area is 116 Å². The molecule has 0 saturated carbocycles.